The van der Waals surface area contributed by atoms with Gasteiger partial charge in [-0.1, -0.05) is 0 Å². The van der Waals surface area contributed by atoms with Crippen LogP contribution in [0.2, 0.25) is 0 Å². The third-order valence-electron chi connectivity index (χ3n) is 0. The van der Waals surface area contributed by atoms with Crippen molar-refractivity contribution in [3.63, 3.8) is 0 Å². The quantitative estimate of drug-likeness (QED) is 0.272. The minimum atomic E-state index is -2.12. The largest absolute Gasteiger partial charge is 0.352 e. The van der Waals surface area contributed by atoms with Gasteiger partial charge >= 0.3 is 0 Å². The Labute approximate surface area is 43.7 Å². The van der Waals surface area contributed by atoms with Crippen molar-refractivity contribution in [1.29, 1.82) is 0 Å². The molecule has 7 heteroatoms. The van der Waals surface area contributed by atoms with Crippen LogP contribution in [0.4, 0.5) is 0 Å². The van der Waals surface area contributed by atoms with Crippen molar-refractivity contribution in [2.24, 2.45) is 5.50 Å². The zero-order valence-corrected chi connectivity index (χ0v) is 5.21. The van der Waals surface area contributed by atoms with Gasteiger partial charge in [-0.05, 0) is 0 Å². The van der Waals surface area contributed by atoms with Crippen molar-refractivity contribution in [2.45, 2.75) is 0 Å². The zero-order valence-electron chi connectivity index (χ0n) is 3.31. The number of hydrogen-bond donors (Lipinski definition) is 5. The van der Waals surface area contributed by atoms with Crippen molar-refractivity contribution in [3.05, 3.63) is 0 Å². The molecule has 0 aliphatic carbocycles. The number of nitrogens with two attached hydrogens (primary N) is 1. The highest BCUT2D eigenvalue weighted by Gasteiger charge is 1.72. The summed E-state index contributed by atoms with van der Waals surface area (Å²) in [5, 5.41) is 0. The van der Waals surface area contributed by atoms with Crippen LogP contribution in [0.25, 0.3) is 0 Å². The Bertz CT molecular complexity index is 20.9. The van der Waals surface area contributed by atoms with Gasteiger partial charge in [-0.25, -0.2) is 0 Å². The summed E-state index contributed by atoms with van der Waals surface area (Å²) in [5.74, 6) is 0. The molecule has 0 saturated heterocycles. The van der Waals surface area contributed by atoms with Crippen molar-refractivity contribution < 1.29 is 19.6 Å². The highest BCUT2D eigenvalue weighted by molar-refractivity contribution is 7.42. The van der Waals surface area contributed by atoms with Gasteiger partial charge in [0.1, 0.15) is 9.03 Å². The molecule has 0 fully saturated rings. The van der Waals surface area contributed by atoms with Crippen molar-refractivity contribution in [2.75, 3.05) is 0 Å². The molecule has 0 bridgehead atoms. The number of rotatable bonds is 0. The predicted octanol–water partition coefficient (Wildman–Crippen LogP) is -1.36. The Morgan fingerprint density at radius 2 is 1.29 bits per heavy atom. The second-order valence-electron chi connectivity index (χ2n) is 0.420. The van der Waals surface area contributed by atoms with E-state index >= 15 is 0 Å². The third-order valence-corrected chi connectivity index (χ3v) is 0. The van der Waals surface area contributed by atoms with Crippen LogP contribution in [0, 0.1) is 0 Å². The van der Waals surface area contributed by atoms with E-state index < -0.39 is 17.6 Å². The molecule has 0 aromatic carbocycles. The summed E-state index contributed by atoms with van der Waals surface area (Å²) in [5.41, 5.74) is 4.29. The molecule has 0 heterocycles. The Kier molecular flexibility index (Phi) is 14.9. The molecular formula is H7NO4P2. The second-order valence-corrected chi connectivity index (χ2v) is 1.26. The molecule has 0 spiro atoms. The van der Waals surface area contributed by atoms with Gasteiger partial charge in [0.2, 0.25) is 8.53 Å². The maximum Gasteiger partial charge on any atom is 0.247 e. The van der Waals surface area contributed by atoms with Crippen LogP contribution in [0.5, 0.6) is 0 Å². The van der Waals surface area contributed by atoms with Gasteiger partial charge in [0.25, 0.3) is 0 Å². The van der Waals surface area contributed by atoms with Crippen LogP contribution in [0.3, 0.4) is 0 Å². The Hall–Kier alpha value is 0.660. The lowest BCUT2D eigenvalue weighted by Gasteiger charge is -1.79. The Morgan fingerprint density at radius 1 is 1.29 bits per heavy atom. The Morgan fingerprint density at radius 3 is 1.29 bits per heavy atom. The van der Waals surface area contributed by atoms with Crippen LogP contribution in [0.1, 0.15) is 0 Å². The first kappa shape index (κ1) is 10.6. The SMILES string of the molecule is NP(O)O.OPO. The molecule has 0 aromatic heterocycles. The summed E-state index contributed by atoms with van der Waals surface area (Å²) < 4.78 is 0. The molecular weight excluding hydrogens is 140 g/mol. The summed E-state index contributed by atoms with van der Waals surface area (Å²) in [6.07, 6.45) is 0. The van der Waals surface area contributed by atoms with Gasteiger partial charge in [-0.3, -0.25) is 5.50 Å². The van der Waals surface area contributed by atoms with Gasteiger partial charge in [0.05, 0.1) is 0 Å². The van der Waals surface area contributed by atoms with Gasteiger partial charge in [0.15, 0.2) is 0 Å². The third kappa shape index (κ3) is 332. The highest BCUT2D eigenvalue weighted by Crippen LogP contribution is 2.05. The molecule has 0 aromatic rings. The van der Waals surface area contributed by atoms with Crippen molar-refractivity contribution in [1.82, 2.24) is 0 Å². The molecule has 5 nitrogen and oxygen atoms in total. The average Bonchev–Trinajstić information content (AvgIpc) is 1.33. The average molecular weight is 147 g/mol. The molecule has 0 rings (SSSR count). The second kappa shape index (κ2) is 9.83. The monoisotopic (exact) mass is 147 g/mol. The van der Waals surface area contributed by atoms with E-state index in [1.165, 1.54) is 0 Å². The normalized spacial score (nSPS) is 7.71. The van der Waals surface area contributed by atoms with Crippen LogP contribution in [-0.4, -0.2) is 19.6 Å². The Balaban J connectivity index is 0. The molecule has 7 heavy (non-hydrogen) atoms. The molecule has 0 saturated carbocycles. The standard InChI is InChI=1S/H4NO2P.H3O2P/c1-4(2)3;1-3-2/h2-3H,1H2;1-3H. The van der Waals surface area contributed by atoms with E-state index in [2.05, 4.69) is 5.50 Å². The first-order chi connectivity index (χ1) is 3.15. The maximum absolute atomic E-state index is 7.45. The summed E-state index contributed by atoms with van der Waals surface area (Å²) in [6.45, 7) is 0. The topological polar surface area (TPSA) is 107 Å². The summed E-state index contributed by atoms with van der Waals surface area (Å²) in [6, 6.07) is 0. The fourth-order valence-corrected chi connectivity index (χ4v) is 0. The van der Waals surface area contributed by atoms with E-state index in [9.17, 15) is 0 Å². The lowest BCUT2D eigenvalue weighted by molar-refractivity contribution is 0.485. The molecule has 0 aliphatic rings. The lowest BCUT2D eigenvalue weighted by Crippen LogP contribution is -1.78. The van der Waals surface area contributed by atoms with E-state index in [1.807, 2.05) is 0 Å². The van der Waals surface area contributed by atoms with Gasteiger partial charge in [0, 0.05) is 0 Å². The van der Waals surface area contributed by atoms with Crippen LogP contribution < -0.4 is 5.50 Å². The van der Waals surface area contributed by atoms with E-state index in [4.69, 9.17) is 19.6 Å². The smallest absolute Gasteiger partial charge is 0.247 e. The van der Waals surface area contributed by atoms with Crippen LogP contribution >= 0.6 is 17.6 Å². The van der Waals surface area contributed by atoms with Crippen molar-refractivity contribution in [3.8, 4) is 0 Å². The van der Waals surface area contributed by atoms with Crippen LogP contribution in [-0.2, 0) is 0 Å². The van der Waals surface area contributed by atoms with E-state index in [0.717, 1.165) is 0 Å². The molecule has 0 radical (unpaired) electrons. The molecule has 0 aliphatic heterocycles. The summed E-state index contributed by atoms with van der Waals surface area (Å²) in [7, 11) is -3.04. The van der Waals surface area contributed by atoms with Crippen molar-refractivity contribution >= 4 is 17.6 Å². The van der Waals surface area contributed by atoms with Gasteiger partial charge in [-0.2, -0.15) is 0 Å². The molecule has 46 valence electrons. The van der Waals surface area contributed by atoms with Crippen LogP contribution in [0.15, 0.2) is 0 Å². The molecule has 0 amide bonds. The summed E-state index contributed by atoms with van der Waals surface area (Å²) >= 11 is 0. The highest BCUT2D eigenvalue weighted by atomic mass is 31.2. The first-order valence-corrected chi connectivity index (χ1v) is 3.32. The van der Waals surface area contributed by atoms with Gasteiger partial charge in [-0.15, -0.1) is 0 Å². The zero-order chi connectivity index (χ0) is 6.28. The van der Waals surface area contributed by atoms with Gasteiger partial charge < -0.3 is 19.6 Å². The van der Waals surface area contributed by atoms with E-state index in [0.29, 0.717) is 0 Å². The van der Waals surface area contributed by atoms with E-state index in [1.54, 1.807) is 0 Å². The minimum absolute atomic E-state index is 0.917. The molecule has 6 N–H and O–H groups in total. The fourth-order valence-electron chi connectivity index (χ4n) is 0. The lowest BCUT2D eigenvalue weighted by atomic mass is 13.9. The predicted molar refractivity (Wildman–Crippen MR) is 28.3 cm³/mol. The number of hydrogen-bond acceptors (Lipinski definition) is 5. The summed E-state index contributed by atoms with van der Waals surface area (Å²) in [4.78, 5) is 29.2. The molecule has 0 unspecified atom stereocenters. The van der Waals surface area contributed by atoms with E-state index in [-0.39, 0.29) is 0 Å². The molecule has 0 atom stereocenters. The fraction of sp³-hybridized carbons (Fsp3) is 0. The maximum atomic E-state index is 7.45. The first-order valence-electron chi connectivity index (χ1n) is 1.11. The minimum Gasteiger partial charge on any atom is -0.352 e.